The van der Waals surface area contributed by atoms with E-state index in [0.717, 1.165) is 34.0 Å². The Labute approximate surface area is 153 Å². The summed E-state index contributed by atoms with van der Waals surface area (Å²) in [5.41, 5.74) is 1.07. The quantitative estimate of drug-likeness (QED) is 0.525. The molecule has 1 aliphatic heterocycles. The lowest BCUT2D eigenvalue weighted by atomic mass is 10.2. The average molecular weight is 359 g/mol. The largest absolute Gasteiger partial charge is 0.497 e. The van der Waals surface area contributed by atoms with Crippen LogP contribution < -0.4 is 4.74 Å². The molecule has 7 heteroatoms. The van der Waals surface area contributed by atoms with E-state index in [2.05, 4.69) is 4.90 Å². The smallest absolute Gasteiger partial charge is 0.335 e. The Kier molecular flexibility index (Phi) is 5.27. The van der Waals surface area contributed by atoms with Crippen LogP contribution in [0.15, 0.2) is 24.3 Å². The molecule has 2 aliphatic rings. The number of benzene rings is 1. The molecular weight excluding hydrogens is 334 g/mol. The number of carbonyl (C=O) groups is 3. The van der Waals surface area contributed by atoms with Gasteiger partial charge in [-0.2, -0.15) is 0 Å². The number of ether oxygens (including phenoxy) is 1. The zero-order valence-electron chi connectivity index (χ0n) is 15.5. The summed E-state index contributed by atoms with van der Waals surface area (Å²) in [5.74, 6) is -0.541. The van der Waals surface area contributed by atoms with Crippen molar-refractivity contribution in [3.8, 4) is 5.75 Å². The molecule has 1 aromatic carbocycles. The maximum atomic E-state index is 12.5. The molecule has 0 radical (unpaired) electrons. The summed E-state index contributed by atoms with van der Waals surface area (Å²) in [6.07, 6.45) is 2.08. The van der Waals surface area contributed by atoms with Crippen LogP contribution in [0.3, 0.4) is 0 Å². The van der Waals surface area contributed by atoms with Crippen molar-refractivity contribution >= 4 is 17.8 Å². The molecule has 0 N–H and O–H groups in total. The number of rotatable bonds is 8. The molecule has 0 unspecified atom stereocenters. The molecule has 4 amide bonds. The van der Waals surface area contributed by atoms with Crippen LogP contribution >= 0.6 is 0 Å². The third kappa shape index (κ3) is 3.88. The third-order valence-electron chi connectivity index (χ3n) is 4.61. The maximum absolute atomic E-state index is 12.5. The van der Waals surface area contributed by atoms with E-state index >= 15 is 0 Å². The monoisotopic (exact) mass is 359 g/mol. The summed E-state index contributed by atoms with van der Waals surface area (Å²) >= 11 is 0. The summed E-state index contributed by atoms with van der Waals surface area (Å²) in [7, 11) is 1.62. The SMILES string of the molecule is COc1ccc(CN(CN2C(=O)C(=O)N(CC(C)C)C2=O)C2CC2)cc1. The molecule has 3 rings (SSSR count). The number of carbonyl (C=O) groups excluding carboxylic acids is 3. The molecule has 1 saturated carbocycles. The first-order chi connectivity index (χ1) is 12.4. The Morgan fingerprint density at radius 2 is 1.69 bits per heavy atom. The summed E-state index contributed by atoms with van der Waals surface area (Å²) in [6, 6.07) is 7.55. The van der Waals surface area contributed by atoms with Gasteiger partial charge < -0.3 is 4.74 Å². The zero-order valence-corrected chi connectivity index (χ0v) is 15.5. The van der Waals surface area contributed by atoms with E-state index in [-0.39, 0.29) is 19.1 Å². The van der Waals surface area contributed by atoms with Crippen molar-refractivity contribution in [1.29, 1.82) is 0 Å². The predicted molar refractivity (Wildman–Crippen MR) is 95.2 cm³/mol. The molecule has 1 aromatic rings. The lowest BCUT2D eigenvalue weighted by molar-refractivity contribution is -0.144. The molecule has 7 nitrogen and oxygen atoms in total. The summed E-state index contributed by atoms with van der Waals surface area (Å²) < 4.78 is 5.17. The van der Waals surface area contributed by atoms with Crippen LogP contribution in [-0.4, -0.2) is 58.9 Å². The fourth-order valence-corrected chi connectivity index (χ4v) is 3.08. The number of imide groups is 2. The Balaban J connectivity index is 1.70. The normalized spacial score (nSPS) is 17.8. The first-order valence-corrected chi connectivity index (χ1v) is 8.95. The number of methoxy groups -OCH3 is 1. The van der Waals surface area contributed by atoms with Crippen LogP contribution in [0.1, 0.15) is 32.3 Å². The maximum Gasteiger partial charge on any atom is 0.335 e. The fraction of sp³-hybridized carbons (Fsp3) is 0.526. The van der Waals surface area contributed by atoms with Gasteiger partial charge in [0.25, 0.3) is 0 Å². The summed E-state index contributed by atoms with van der Waals surface area (Å²) in [5, 5.41) is 0. The second kappa shape index (κ2) is 7.45. The molecule has 1 aliphatic carbocycles. The van der Waals surface area contributed by atoms with Crippen molar-refractivity contribution in [2.24, 2.45) is 5.92 Å². The molecule has 0 atom stereocenters. The minimum atomic E-state index is -0.726. The van der Waals surface area contributed by atoms with E-state index in [4.69, 9.17) is 4.74 Å². The van der Waals surface area contributed by atoms with Gasteiger partial charge in [-0.25, -0.2) is 9.69 Å². The van der Waals surface area contributed by atoms with Crippen LogP contribution in [0.2, 0.25) is 0 Å². The molecule has 140 valence electrons. The lowest BCUT2D eigenvalue weighted by Gasteiger charge is -2.26. The van der Waals surface area contributed by atoms with Gasteiger partial charge in [-0.3, -0.25) is 19.4 Å². The van der Waals surface area contributed by atoms with Crippen molar-refractivity contribution in [3.05, 3.63) is 29.8 Å². The van der Waals surface area contributed by atoms with Gasteiger partial charge in [0, 0.05) is 19.1 Å². The molecule has 1 heterocycles. The van der Waals surface area contributed by atoms with E-state index < -0.39 is 17.8 Å². The van der Waals surface area contributed by atoms with Gasteiger partial charge in [0.15, 0.2) is 0 Å². The molecular formula is C19H25N3O4. The Hall–Kier alpha value is -2.41. The first-order valence-electron chi connectivity index (χ1n) is 8.95. The predicted octanol–water partition coefficient (Wildman–Crippen LogP) is 2.06. The molecule has 0 aromatic heterocycles. The molecule has 1 saturated heterocycles. The van der Waals surface area contributed by atoms with E-state index in [0.29, 0.717) is 12.6 Å². The highest BCUT2D eigenvalue weighted by atomic mass is 16.5. The van der Waals surface area contributed by atoms with Gasteiger partial charge in [-0.15, -0.1) is 0 Å². The van der Waals surface area contributed by atoms with Gasteiger partial charge in [-0.05, 0) is 36.5 Å². The van der Waals surface area contributed by atoms with Crippen molar-refractivity contribution in [3.63, 3.8) is 0 Å². The van der Waals surface area contributed by atoms with Crippen molar-refractivity contribution in [1.82, 2.24) is 14.7 Å². The highest BCUT2D eigenvalue weighted by molar-refractivity contribution is 6.44. The van der Waals surface area contributed by atoms with Gasteiger partial charge in [-0.1, -0.05) is 26.0 Å². The standard InChI is InChI=1S/C19H25N3O4/c1-13(2)10-21-17(23)18(24)22(19(21)25)12-20(15-6-7-15)11-14-4-8-16(26-3)9-5-14/h4-5,8-9,13,15H,6-7,10-12H2,1-3H3. The molecule has 0 spiro atoms. The zero-order chi connectivity index (χ0) is 18.8. The van der Waals surface area contributed by atoms with Crippen LogP contribution in [0.25, 0.3) is 0 Å². The number of nitrogens with zero attached hydrogens (tertiary/aromatic N) is 3. The average Bonchev–Trinajstić information content (AvgIpc) is 3.44. The Morgan fingerprint density at radius 3 is 2.23 bits per heavy atom. The van der Waals surface area contributed by atoms with Gasteiger partial charge in [0.2, 0.25) is 0 Å². The summed E-state index contributed by atoms with van der Waals surface area (Å²) in [4.78, 5) is 41.2. The summed E-state index contributed by atoms with van der Waals surface area (Å²) in [6.45, 7) is 4.85. The van der Waals surface area contributed by atoms with E-state index in [1.165, 1.54) is 0 Å². The number of hydrogen-bond acceptors (Lipinski definition) is 5. The van der Waals surface area contributed by atoms with Gasteiger partial charge >= 0.3 is 17.8 Å². The molecule has 2 fully saturated rings. The van der Waals surface area contributed by atoms with Crippen LogP contribution in [0.5, 0.6) is 5.75 Å². The van der Waals surface area contributed by atoms with Crippen molar-refractivity contribution in [2.45, 2.75) is 39.3 Å². The van der Waals surface area contributed by atoms with Crippen LogP contribution in [0, 0.1) is 5.92 Å². The minimum Gasteiger partial charge on any atom is -0.497 e. The number of amides is 4. The van der Waals surface area contributed by atoms with E-state index in [1.54, 1.807) is 7.11 Å². The van der Waals surface area contributed by atoms with Gasteiger partial charge in [0.05, 0.1) is 13.8 Å². The highest BCUT2D eigenvalue weighted by Crippen LogP contribution is 2.29. The number of hydrogen-bond donors (Lipinski definition) is 0. The first kappa shape index (κ1) is 18.4. The highest BCUT2D eigenvalue weighted by Gasteiger charge is 2.46. The lowest BCUT2D eigenvalue weighted by Crippen LogP contribution is -2.43. The van der Waals surface area contributed by atoms with E-state index in [9.17, 15) is 14.4 Å². The topological polar surface area (TPSA) is 70.2 Å². The Morgan fingerprint density at radius 1 is 1.08 bits per heavy atom. The van der Waals surface area contributed by atoms with Crippen molar-refractivity contribution in [2.75, 3.05) is 20.3 Å². The minimum absolute atomic E-state index is 0.120. The van der Waals surface area contributed by atoms with Crippen LogP contribution in [0.4, 0.5) is 4.79 Å². The fourth-order valence-electron chi connectivity index (χ4n) is 3.08. The number of urea groups is 1. The van der Waals surface area contributed by atoms with Crippen LogP contribution in [-0.2, 0) is 16.1 Å². The second-order valence-electron chi connectivity index (χ2n) is 7.29. The van der Waals surface area contributed by atoms with Gasteiger partial charge in [0.1, 0.15) is 5.75 Å². The molecule has 0 bridgehead atoms. The second-order valence-corrected chi connectivity index (χ2v) is 7.29. The Bertz CT molecular complexity index is 697. The van der Waals surface area contributed by atoms with Crippen molar-refractivity contribution < 1.29 is 19.1 Å². The molecule has 26 heavy (non-hydrogen) atoms. The van der Waals surface area contributed by atoms with E-state index in [1.807, 2.05) is 38.1 Å². The third-order valence-corrected chi connectivity index (χ3v) is 4.61.